The zero-order chi connectivity index (χ0) is 15.4. The molecule has 2 aromatic carbocycles. The molecule has 3 nitrogen and oxygen atoms in total. The number of amides is 1. The molecule has 1 unspecified atom stereocenters. The lowest BCUT2D eigenvalue weighted by Gasteiger charge is -2.25. The van der Waals surface area contributed by atoms with E-state index < -0.39 is 0 Å². The van der Waals surface area contributed by atoms with Gasteiger partial charge in [-0.25, -0.2) is 0 Å². The third kappa shape index (κ3) is 4.09. The lowest BCUT2D eigenvalue weighted by Crippen LogP contribution is -2.29. The number of halogens is 1. The number of rotatable bonds is 4. The molecule has 0 heterocycles. The van der Waals surface area contributed by atoms with Gasteiger partial charge in [0.05, 0.1) is 6.04 Å². The van der Waals surface area contributed by atoms with E-state index in [1.807, 2.05) is 38.2 Å². The SMILES string of the molecule is Cc1ccc(C(C)N(C)C(=O)c2ccc(CN)cc2)cc1.Cl. The molecule has 1 atom stereocenters. The first-order valence-electron chi connectivity index (χ1n) is 7.15. The molecule has 0 aliphatic rings. The fourth-order valence-electron chi connectivity index (χ4n) is 2.23. The molecule has 2 N–H and O–H groups in total. The fourth-order valence-corrected chi connectivity index (χ4v) is 2.23. The van der Waals surface area contributed by atoms with Crippen LogP contribution < -0.4 is 5.73 Å². The van der Waals surface area contributed by atoms with Crippen LogP contribution in [0.5, 0.6) is 0 Å². The van der Waals surface area contributed by atoms with Crippen LogP contribution in [0.1, 0.15) is 40.0 Å². The molecule has 0 bridgehead atoms. The summed E-state index contributed by atoms with van der Waals surface area (Å²) < 4.78 is 0. The van der Waals surface area contributed by atoms with Gasteiger partial charge in [0.25, 0.3) is 5.91 Å². The molecule has 118 valence electrons. The van der Waals surface area contributed by atoms with Crippen molar-refractivity contribution < 1.29 is 4.79 Å². The van der Waals surface area contributed by atoms with Gasteiger partial charge in [-0.1, -0.05) is 42.0 Å². The summed E-state index contributed by atoms with van der Waals surface area (Å²) in [7, 11) is 1.84. The Labute approximate surface area is 138 Å². The van der Waals surface area contributed by atoms with Crippen molar-refractivity contribution >= 4 is 18.3 Å². The highest BCUT2D eigenvalue weighted by Crippen LogP contribution is 2.21. The Morgan fingerprint density at radius 1 is 1.09 bits per heavy atom. The number of benzene rings is 2. The van der Waals surface area contributed by atoms with Crippen molar-refractivity contribution in [2.45, 2.75) is 26.4 Å². The second-order valence-electron chi connectivity index (χ2n) is 5.40. The summed E-state index contributed by atoms with van der Waals surface area (Å²) in [5.41, 5.74) is 9.65. The highest BCUT2D eigenvalue weighted by molar-refractivity contribution is 5.94. The predicted molar refractivity (Wildman–Crippen MR) is 93.3 cm³/mol. The number of aryl methyl sites for hydroxylation is 1. The molecule has 4 heteroatoms. The van der Waals surface area contributed by atoms with E-state index in [2.05, 4.69) is 31.2 Å². The van der Waals surface area contributed by atoms with Gasteiger partial charge in [-0.3, -0.25) is 4.79 Å². The van der Waals surface area contributed by atoms with E-state index >= 15 is 0 Å². The Bertz CT molecular complexity index is 608. The molecule has 0 fully saturated rings. The Morgan fingerprint density at radius 2 is 1.64 bits per heavy atom. The Balaban J connectivity index is 0.00000242. The molecular weight excluding hydrogens is 296 g/mol. The fraction of sp³-hybridized carbons (Fsp3) is 0.278. The second-order valence-corrected chi connectivity index (χ2v) is 5.40. The van der Waals surface area contributed by atoms with Crippen LogP contribution in [0.3, 0.4) is 0 Å². The lowest BCUT2D eigenvalue weighted by molar-refractivity contribution is 0.0742. The van der Waals surface area contributed by atoms with Crippen molar-refractivity contribution in [1.29, 1.82) is 0 Å². The predicted octanol–water partition coefficient (Wildman–Crippen LogP) is 3.71. The Hall–Kier alpha value is -1.84. The van der Waals surface area contributed by atoms with Crippen molar-refractivity contribution in [3.63, 3.8) is 0 Å². The van der Waals surface area contributed by atoms with Crippen LogP contribution in [0, 0.1) is 6.92 Å². The molecular formula is C18H23ClN2O. The number of carbonyl (C=O) groups excluding carboxylic acids is 1. The number of nitrogens with two attached hydrogens (primary N) is 1. The lowest BCUT2D eigenvalue weighted by atomic mass is 10.0. The first-order valence-corrected chi connectivity index (χ1v) is 7.15. The van der Waals surface area contributed by atoms with E-state index in [9.17, 15) is 4.79 Å². The maximum absolute atomic E-state index is 12.5. The molecule has 0 saturated heterocycles. The van der Waals surface area contributed by atoms with E-state index in [0.29, 0.717) is 12.1 Å². The highest BCUT2D eigenvalue weighted by Gasteiger charge is 2.18. The zero-order valence-corrected chi connectivity index (χ0v) is 14.1. The summed E-state index contributed by atoms with van der Waals surface area (Å²) in [6.07, 6.45) is 0. The van der Waals surface area contributed by atoms with E-state index in [-0.39, 0.29) is 24.4 Å². The zero-order valence-electron chi connectivity index (χ0n) is 13.2. The molecule has 22 heavy (non-hydrogen) atoms. The van der Waals surface area contributed by atoms with Crippen LogP contribution >= 0.6 is 12.4 Å². The van der Waals surface area contributed by atoms with E-state index in [1.165, 1.54) is 5.56 Å². The molecule has 0 spiro atoms. The molecule has 0 saturated carbocycles. The summed E-state index contributed by atoms with van der Waals surface area (Å²) in [6, 6.07) is 15.8. The van der Waals surface area contributed by atoms with Gasteiger partial charge >= 0.3 is 0 Å². The molecule has 0 aliphatic heterocycles. The second kappa shape index (κ2) is 7.97. The normalized spacial score (nSPS) is 11.5. The minimum atomic E-state index is 0. The molecule has 2 rings (SSSR count). The number of carbonyl (C=O) groups is 1. The summed E-state index contributed by atoms with van der Waals surface area (Å²) in [5, 5.41) is 0. The van der Waals surface area contributed by atoms with Crippen LogP contribution in [0.4, 0.5) is 0 Å². The number of nitrogens with zero attached hydrogens (tertiary/aromatic N) is 1. The highest BCUT2D eigenvalue weighted by atomic mass is 35.5. The van der Waals surface area contributed by atoms with Crippen molar-refractivity contribution in [3.05, 3.63) is 70.8 Å². The number of hydrogen-bond donors (Lipinski definition) is 1. The number of hydrogen-bond acceptors (Lipinski definition) is 2. The van der Waals surface area contributed by atoms with Gasteiger partial charge in [-0.15, -0.1) is 12.4 Å². The van der Waals surface area contributed by atoms with Crippen LogP contribution in [0.15, 0.2) is 48.5 Å². The molecule has 1 amide bonds. The third-order valence-electron chi connectivity index (χ3n) is 3.90. The summed E-state index contributed by atoms with van der Waals surface area (Å²) in [6.45, 7) is 4.59. The van der Waals surface area contributed by atoms with Gasteiger partial charge < -0.3 is 10.6 Å². The van der Waals surface area contributed by atoms with Gasteiger partial charge in [0.2, 0.25) is 0 Å². The van der Waals surface area contributed by atoms with E-state index in [0.717, 1.165) is 11.1 Å². The average Bonchev–Trinajstić information content (AvgIpc) is 2.53. The van der Waals surface area contributed by atoms with Gasteiger partial charge in [0.1, 0.15) is 0 Å². The smallest absolute Gasteiger partial charge is 0.254 e. The summed E-state index contributed by atoms with van der Waals surface area (Å²) in [4.78, 5) is 14.3. The van der Waals surface area contributed by atoms with Gasteiger partial charge in [0, 0.05) is 19.2 Å². The minimum absolute atomic E-state index is 0. The van der Waals surface area contributed by atoms with Crippen LogP contribution in [0.25, 0.3) is 0 Å². The average molecular weight is 319 g/mol. The monoisotopic (exact) mass is 318 g/mol. The summed E-state index contributed by atoms with van der Waals surface area (Å²) >= 11 is 0. The van der Waals surface area contributed by atoms with Crippen LogP contribution in [0.2, 0.25) is 0 Å². The maximum atomic E-state index is 12.5. The largest absolute Gasteiger partial charge is 0.335 e. The molecule has 0 radical (unpaired) electrons. The van der Waals surface area contributed by atoms with E-state index in [1.54, 1.807) is 4.90 Å². The third-order valence-corrected chi connectivity index (χ3v) is 3.90. The molecule has 0 aliphatic carbocycles. The van der Waals surface area contributed by atoms with Gasteiger partial charge in [-0.05, 0) is 37.1 Å². The van der Waals surface area contributed by atoms with Gasteiger partial charge in [0.15, 0.2) is 0 Å². The van der Waals surface area contributed by atoms with Gasteiger partial charge in [-0.2, -0.15) is 0 Å². The first-order chi connectivity index (χ1) is 10.0. The van der Waals surface area contributed by atoms with E-state index in [4.69, 9.17) is 5.73 Å². The Kier molecular flexibility index (Phi) is 6.60. The van der Waals surface area contributed by atoms with Crippen LogP contribution in [-0.2, 0) is 6.54 Å². The Morgan fingerprint density at radius 3 is 2.14 bits per heavy atom. The molecule has 0 aromatic heterocycles. The topological polar surface area (TPSA) is 46.3 Å². The standard InChI is InChI=1S/C18H22N2O.ClH/c1-13-4-8-16(9-5-13)14(2)20(3)18(21)17-10-6-15(12-19)7-11-17;/h4-11,14H,12,19H2,1-3H3;1H. The maximum Gasteiger partial charge on any atom is 0.254 e. The van der Waals surface area contributed by atoms with Crippen molar-refractivity contribution in [2.24, 2.45) is 5.73 Å². The first kappa shape index (κ1) is 18.2. The van der Waals surface area contributed by atoms with Crippen molar-refractivity contribution in [3.8, 4) is 0 Å². The van der Waals surface area contributed by atoms with Crippen molar-refractivity contribution in [1.82, 2.24) is 4.90 Å². The summed E-state index contributed by atoms with van der Waals surface area (Å²) in [5.74, 6) is 0.0200. The van der Waals surface area contributed by atoms with Crippen LogP contribution in [-0.4, -0.2) is 17.9 Å². The molecule has 2 aromatic rings. The van der Waals surface area contributed by atoms with Crippen molar-refractivity contribution in [2.75, 3.05) is 7.05 Å². The minimum Gasteiger partial charge on any atom is -0.335 e. The quantitative estimate of drug-likeness (QED) is 0.934.